The molecule has 2 aromatic carbocycles. The number of hydrogen-bond donors (Lipinski definition) is 2. The lowest BCUT2D eigenvalue weighted by atomic mass is 10.2. The molecule has 3 N–H and O–H groups in total. The summed E-state index contributed by atoms with van der Waals surface area (Å²) in [6.45, 7) is 5.32. The third-order valence-corrected chi connectivity index (χ3v) is 6.14. The number of nitrogens with zero attached hydrogens (tertiary/aromatic N) is 5. The van der Waals surface area contributed by atoms with Gasteiger partial charge in [0.25, 0.3) is 11.6 Å². The molecule has 14 heteroatoms. The van der Waals surface area contributed by atoms with Crippen LogP contribution in [0.4, 0.5) is 36.1 Å². The molecule has 1 amide bonds. The van der Waals surface area contributed by atoms with Gasteiger partial charge in [0.1, 0.15) is 11.4 Å². The topological polar surface area (TPSA) is 140 Å². The molecule has 0 spiro atoms. The number of benzene rings is 2. The van der Waals surface area contributed by atoms with Gasteiger partial charge >= 0.3 is 6.18 Å². The number of halogens is 3. The van der Waals surface area contributed by atoms with Gasteiger partial charge in [0.2, 0.25) is 5.88 Å². The first kappa shape index (κ1) is 27.6. The molecular formula is C25H26F3N7O4. The van der Waals surface area contributed by atoms with E-state index in [2.05, 4.69) is 32.1 Å². The largest absolute Gasteiger partial charge is 0.437 e. The van der Waals surface area contributed by atoms with Crippen molar-refractivity contribution in [3.8, 4) is 11.6 Å². The monoisotopic (exact) mass is 545 g/mol. The standard InChI is InChI=1S/C25H26F3N7O4/c1-3-20-24(39-19-13-15(25(26,27)28)12-18(14-19)35(37)38)32-23(21(31-20)22(29)36)30-16-4-6-17(7-5-16)34-10-8-33(2)9-11-34/h4-7,12-14H,3,8-11H2,1-2H3,(H2,29,36)(H,30,32). The van der Waals surface area contributed by atoms with Crippen molar-refractivity contribution >= 4 is 28.8 Å². The Morgan fingerprint density at radius 3 is 2.36 bits per heavy atom. The first-order valence-corrected chi connectivity index (χ1v) is 12.0. The lowest BCUT2D eigenvalue weighted by molar-refractivity contribution is -0.385. The van der Waals surface area contributed by atoms with Crippen LogP contribution in [0.25, 0.3) is 0 Å². The summed E-state index contributed by atoms with van der Waals surface area (Å²) < 4.78 is 45.6. The summed E-state index contributed by atoms with van der Waals surface area (Å²) in [6, 6.07) is 9.27. The number of non-ortho nitro benzene ring substituents is 1. The van der Waals surface area contributed by atoms with E-state index in [-0.39, 0.29) is 29.5 Å². The van der Waals surface area contributed by atoms with E-state index in [0.717, 1.165) is 37.9 Å². The third-order valence-electron chi connectivity index (χ3n) is 6.14. The van der Waals surface area contributed by atoms with Gasteiger partial charge in [-0.15, -0.1) is 0 Å². The molecular weight excluding hydrogens is 519 g/mol. The Bertz CT molecular complexity index is 1380. The quantitative estimate of drug-likeness (QED) is 0.312. The molecule has 0 saturated carbocycles. The highest BCUT2D eigenvalue weighted by Gasteiger charge is 2.33. The van der Waals surface area contributed by atoms with Crippen LogP contribution >= 0.6 is 0 Å². The van der Waals surface area contributed by atoms with Crippen molar-refractivity contribution in [2.24, 2.45) is 5.73 Å². The van der Waals surface area contributed by atoms with Crippen molar-refractivity contribution in [1.29, 1.82) is 0 Å². The summed E-state index contributed by atoms with van der Waals surface area (Å²) in [5, 5.41) is 14.2. The number of piperazine rings is 1. The van der Waals surface area contributed by atoms with E-state index >= 15 is 0 Å². The van der Waals surface area contributed by atoms with Gasteiger partial charge in [-0.25, -0.2) is 4.98 Å². The fraction of sp³-hybridized carbons (Fsp3) is 0.320. The first-order valence-electron chi connectivity index (χ1n) is 12.0. The van der Waals surface area contributed by atoms with Crippen LogP contribution in [0.5, 0.6) is 11.6 Å². The summed E-state index contributed by atoms with van der Waals surface area (Å²) in [6.07, 6.45) is -4.66. The van der Waals surface area contributed by atoms with Crippen molar-refractivity contribution in [2.75, 3.05) is 43.4 Å². The lowest BCUT2D eigenvalue weighted by Gasteiger charge is -2.34. The van der Waals surface area contributed by atoms with E-state index < -0.39 is 34.0 Å². The van der Waals surface area contributed by atoms with Crippen LogP contribution in [0.15, 0.2) is 42.5 Å². The van der Waals surface area contributed by atoms with Gasteiger partial charge in [-0.05, 0) is 43.8 Å². The second-order valence-electron chi connectivity index (χ2n) is 8.93. The maximum atomic E-state index is 13.3. The van der Waals surface area contributed by atoms with Gasteiger partial charge in [0.05, 0.1) is 16.6 Å². The van der Waals surface area contributed by atoms with Crippen LogP contribution in [0.3, 0.4) is 0 Å². The number of ether oxygens (including phenoxy) is 1. The van der Waals surface area contributed by atoms with Crippen molar-refractivity contribution in [1.82, 2.24) is 14.9 Å². The number of amides is 1. The number of nitrogens with one attached hydrogen (secondary N) is 1. The molecule has 0 aliphatic carbocycles. The molecule has 1 aliphatic heterocycles. The Morgan fingerprint density at radius 2 is 1.79 bits per heavy atom. The van der Waals surface area contributed by atoms with Crippen molar-refractivity contribution < 1.29 is 27.6 Å². The highest BCUT2D eigenvalue weighted by atomic mass is 19.4. The van der Waals surface area contributed by atoms with E-state index in [0.29, 0.717) is 17.8 Å². The summed E-state index contributed by atoms with van der Waals surface area (Å²) in [4.78, 5) is 35.4. The zero-order chi connectivity index (χ0) is 28.3. The maximum absolute atomic E-state index is 13.3. The SMILES string of the molecule is CCc1nc(C(N)=O)c(Nc2ccc(N3CCN(C)CC3)cc2)nc1Oc1cc([N+](=O)[O-])cc(C(F)(F)F)c1. The van der Waals surface area contributed by atoms with Crippen LogP contribution in [-0.2, 0) is 12.6 Å². The van der Waals surface area contributed by atoms with Crippen LogP contribution < -0.4 is 20.7 Å². The van der Waals surface area contributed by atoms with E-state index in [1.165, 1.54) is 0 Å². The van der Waals surface area contributed by atoms with Gasteiger partial charge in [-0.3, -0.25) is 14.9 Å². The van der Waals surface area contributed by atoms with Crippen LogP contribution in [0.1, 0.15) is 28.7 Å². The molecule has 3 aromatic rings. The predicted molar refractivity (Wildman–Crippen MR) is 138 cm³/mol. The number of nitro benzene ring substituents is 1. The average molecular weight is 546 g/mol. The van der Waals surface area contributed by atoms with Crippen molar-refractivity contribution in [3.63, 3.8) is 0 Å². The summed E-state index contributed by atoms with van der Waals surface area (Å²) >= 11 is 0. The number of carbonyl (C=O) groups is 1. The summed E-state index contributed by atoms with van der Waals surface area (Å²) in [7, 11) is 2.07. The number of likely N-dealkylation sites (N-methyl/N-ethyl adjacent to an activating group) is 1. The Morgan fingerprint density at radius 1 is 1.13 bits per heavy atom. The van der Waals surface area contributed by atoms with E-state index in [1.807, 2.05) is 12.1 Å². The number of aryl methyl sites for hydroxylation is 1. The van der Waals surface area contributed by atoms with Gasteiger partial charge in [-0.1, -0.05) is 6.92 Å². The molecule has 0 unspecified atom stereocenters. The number of carbonyl (C=O) groups excluding carboxylic acids is 1. The minimum atomic E-state index is -4.85. The molecule has 206 valence electrons. The zero-order valence-electron chi connectivity index (χ0n) is 21.2. The molecule has 39 heavy (non-hydrogen) atoms. The van der Waals surface area contributed by atoms with Gasteiger partial charge in [0, 0.05) is 43.6 Å². The van der Waals surface area contributed by atoms with Crippen molar-refractivity contribution in [3.05, 3.63) is 69.5 Å². The number of rotatable bonds is 8. The fourth-order valence-corrected chi connectivity index (χ4v) is 4.01. The third kappa shape index (κ3) is 6.52. The maximum Gasteiger partial charge on any atom is 0.416 e. The Hall–Kier alpha value is -4.46. The molecule has 1 saturated heterocycles. The molecule has 1 aliphatic rings. The number of hydrogen-bond acceptors (Lipinski definition) is 9. The minimum absolute atomic E-state index is 0.0801. The predicted octanol–water partition coefficient (Wildman–Crippen LogP) is 4.35. The van der Waals surface area contributed by atoms with Gasteiger partial charge < -0.3 is 25.6 Å². The van der Waals surface area contributed by atoms with Crippen LogP contribution in [0.2, 0.25) is 0 Å². The average Bonchev–Trinajstić information content (AvgIpc) is 2.89. The number of nitro groups is 1. The second-order valence-corrected chi connectivity index (χ2v) is 8.93. The van der Waals surface area contributed by atoms with Gasteiger partial charge in [-0.2, -0.15) is 18.2 Å². The molecule has 2 heterocycles. The normalized spacial score (nSPS) is 14.2. The van der Waals surface area contributed by atoms with E-state index in [9.17, 15) is 28.1 Å². The molecule has 1 fully saturated rings. The summed E-state index contributed by atoms with van der Waals surface area (Å²) in [5.41, 5.74) is 4.95. The molecule has 0 radical (unpaired) electrons. The molecule has 11 nitrogen and oxygen atoms in total. The first-order chi connectivity index (χ1) is 18.4. The highest BCUT2D eigenvalue weighted by molar-refractivity contribution is 5.96. The Labute approximate surface area is 221 Å². The number of anilines is 3. The van der Waals surface area contributed by atoms with Crippen LogP contribution in [-0.4, -0.2) is 58.9 Å². The zero-order valence-corrected chi connectivity index (χ0v) is 21.2. The van der Waals surface area contributed by atoms with Crippen LogP contribution in [0, 0.1) is 10.1 Å². The number of alkyl halides is 3. The highest BCUT2D eigenvalue weighted by Crippen LogP contribution is 2.37. The summed E-state index contributed by atoms with van der Waals surface area (Å²) in [5.74, 6) is -1.65. The molecule has 0 atom stereocenters. The van der Waals surface area contributed by atoms with E-state index in [4.69, 9.17) is 10.5 Å². The number of aromatic nitrogens is 2. The van der Waals surface area contributed by atoms with Crippen molar-refractivity contribution in [2.45, 2.75) is 19.5 Å². The van der Waals surface area contributed by atoms with E-state index in [1.54, 1.807) is 19.1 Å². The number of primary amides is 1. The second kappa shape index (κ2) is 11.1. The Kier molecular flexibility index (Phi) is 7.85. The Balaban J connectivity index is 1.66. The smallest absolute Gasteiger partial charge is 0.416 e. The lowest BCUT2D eigenvalue weighted by Crippen LogP contribution is -2.44. The molecule has 0 bridgehead atoms. The minimum Gasteiger partial charge on any atom is -0.437 e. The van der Waals surface area contributed by atoms with Gasteiger partial charge in [0.15, 0.2) is 11.5 Å². The fourth-order valence-electron chi connectivity index (χ4n) is 4.01. The molecule has 4 rings (SSSR count). The number of nitrogens with two attached hydrogens (primary N) is 1. The molecule has 1 aromatic heterocycles.